The monoisotopic (exact) mass is 301 g/mol. The lowest BCUT2D eigenvalue weighted by atomic mass is 9.96. The van der Waals surface area contributed by atoms with Gasteiger partial charge < -0.3 is 5.32 Å². The van der Waals surface area contributed by atoms with Crippen LogP contribution in [0.2, 0.25) is 0 Å². The molecule has 1 aliphatic rings. The Morgan fingerprint density at radius 2 is 2.14 bits per heavy atom. The molecule has 1 aromatic rings. The van der Waals surface area contributed by atoms with Gasteiger partial charge in [0.25, 0.3) is 0 Å². The van der Waals surface area contributed by atoms with E-state index < -0.39 is 0 Å². The van der Waals surface area contributed by atoms with Crippen LogP contribution in [0.3, 0.4) is 0 Å². The summed E-state index contributed by atoms with van der Waals surface area (Å²) in [6, 6.07) is 8.04. The number of alkyl halides is 1. The van der Waals surface area contributed by atoms with E-state index in [-0.39, 0.29) is 9.83 Å². The average molecular weight is 301 g/mol. The molecule has 2 nitrogen and oxygen atoms in total. The summed E-state index contributed by atoms with van der Waals surface area (Å²) in [5.74, 6) is 0.578. The van der Waals surface area contributed by atoms with E-state index in [9.17, 15) is 4.79 Å². The molecule has 1 aromatic carbocycles. The fourth-order valence-corrected chi connectivity index (χ4v) is 2.71. The van der Waals surface area contributed by atoms with Crippen LogP contribution >= 0.6 is 22.6 Å². The average Bonchev–Trinajstić information content (AvgIpc) is 2.27. The number of hydrogen-bond donors (Lipinski definition) is 1. The van der Waals surface area contributed by atoms with Gasteiger partial charge in [0.2, 0.25) is 5.91 Å². The summed E-state index contributed by atoms with van der Waals surface area (Å²) in [5, 5.41) is 2.96. The van der Waals surface area contributed by atoms with Gasteiger partial charge in [-0.25, -0.2) is 0 Å². The number of amides is 1. The molecule has 74 valence electrons. The zero-order valence-corrected chi connectivity index (χ0v) is 10.1. The first kappa shape index (κ1) is 9.96. The van der Waals surface area contributed by atoms with E-state index in [1.165, 1.54) is 5.56 Å². The van der Waals surface area contributed by atoms with Gasteiger partial charge in [0.15, 0.2) is 0 Å². The number of benzene rings is 1. The molecule has 1 aliphatic heterocycles. The highest BCUT2D eigenvalue weighted by atomic mass is 127. The largest absolute Gasteiger partial charge is 0.325 e. The third kappa shape index (κ3) is 1.78. The Hall–Kier alpha value is -0.580. The van der Waals surface area contributed by atoms with Gasteiger partial charge in [-0.1, -0.05) is 47.7 Å². The molecule has 0 aliphatic carbocycles. The molecule has 0 saturated heterocycles. The van der Waals surface area contributed by atoms with Crippen LogP contribution in [-0.4, -0.2) is 9.83 Å². The highest BCUT2D eigenvalue weighted by Crippen LogP contribution is 2.33. The first-order valence-electron chi connectivity index (χ1n) is 4.72. The fraction of sp³-hybridized carbons (Fsp3) is 0.364. The normalized spacial score (nSPS) is 26.3. The standard InChI is InChI=1S/C11H12INO/c1-7-6-9(12)11(14)13-10-5-3-2-4-8(7)10/h2-5,7,9H,6H2,1H3,(H,13,14). The zero-order valence-electron chi connectivity index (χ0n) is 7.96. The Bertz CT molecular complexity index is 364. The molecule has 0 aromatic heterocycles. The molecule has 1 N–H and O–H groups in total. The summed E-state index contributed by atoms with van der Waals surface area (Å²) in [6.07, 6.45) is 0.920. The summed E-state index contributed by atoms with van der Waals surface area (Å²) in [7, 11) is 0. The molecule has 0 radical (unpaired) electrons. The predicted molar refractivity (Wildman–Crippen MR) is 65.9 cm³/mol. The molecule has 0 bridgehead atoms. The van der Waals surface area contributed by atoms with Crippen molar-refractivity contribution < 1.29 is 4.79 Å². The minimum atomic E-state index is 0.0787. The van der Waals surface area contributed by atoms with Gasteiger partial charge in [0.05, 0.1) is 3.92 Å². The van der Waals surface area contributed by atoms with Crippen LogP contribution in [-0.2, 0) is 4.79 Å². The summed E-state index contributed by atoms with van der Waals surface area (Å²) < 4.78 is 0.0787. The Balaban J connectivity index is 2.43. The predicted octanol–water partition coefficient (Wildman–Crippen LogP) is 2.94. The number of anilines is 1. The van der Waals surface area contributed by atoms with E-state index in [0.717, 1.165) is 12.1 Å². The maximum atomic E-state index is 11.6. The van der Waals surface area contributed by atoms with Gasteiger partial charge in [-0.05, 0) is 24.0 Å². The molecule has 0 fully saturated rings. The number of rotatable bonds is 0. The van der Waals surface area contributed by atoms with Gasteiger partial charge in [0.1, 0.15) is 0 Å². The van der Waals surface area contributed by atoms with Crippen LogP contribution in [0.5, 0.6) is 0 Å². The maximum Gasteiger partial charge on any atom is 0.237 e. The number of nitrogens with one attached hydrogen (secondary N) is 1. The second kappa shape index (κ2) is 3.88. The third-order valence-corrected chi connectivity index (χ3v) is 3.67. The van der Waals surface area contributed by atoms with Gasteiger partial charge in [-0.2, -0.15) is 0 Å². The zero-order chi connectivity index (χ0) is 10.1. The summed E-state index contributed by atoms with van der Waals surface area (Å²) in [6.45, 7) is 2.17. The molecular formula is C11H12INO. The Labute approximate surface area is 97.2 Å². The molecule has 0 saturated carbocycles. The molecule has 2 atom stereocenters. The van der Waals surface area contributed by atoms with Crippen molar-refractivity contribution in [2.75, 3.05) is 5.32 Å². The fourth-order valence-electron chi connectivity index (χ4n) is 1.80. The van der Waals surface area contributed by atoms with E-state index in [1.807, 2.05) is 18.2 Å². The number of carbonyl (C=O) groups excluding carboxylic acids is 1. The second-order valence-corrected chi connectivity index (χ2v) is 5.18. The molecule has 1 amide bonds. The number of carbonyl (C=O) groups is 1. The van der Waals surface area contributed by atoms with Crippen LogP contribution in [0.1, 0.15) is 24.8 Å². The van der Waals surface area contributed by atoms with Crippen molar-refractivity contribution in [3.8, 4) is 0 Å². The number of fused-ring (bicyclic) bond motifs is 1. The minimum absolute atomic E-state index is 0.0787. The van der Waals surface area contributed by atoms with Crippen LogP contribution in [0.25, 0.3) is 0 Å². The molecule has 14 heavy (non-hydrogen) atoms. The van der Waals surface area contributed by atoms with Crippen LogP contribution in [0.15, 0.2) is 24.3 Å². The summed E-state index contributed by atoms with van der Waals surface area (Å²) >= 11 is 2.21. The van der Waals surface area contributed by atoms with E-state index in [0.29, 0.717) is 5.92 Å². The lowest BCUT2D eigenvalue weighted by Crippen LogP contribution is -2.20. The molecule has 2 unspecified atom stereocenters. The third-order valence-electron chi connectivity index (χ3n) is 2.59. The van der Waals surface area contributed by atoms with Crippen LogP contribution < -0.4 is 5.32 Å². The van der Waals surface area contributed by atoms with E-state index in [4.69, 9.17) is 0 Å². The maximum absolute atomic E-state index is 11.6. The summed E-state index contributed by atoms with van der Waals surface area (Å²) in [5.41, 5.74) is 2.23. The molecule has 1 heterocycles. The van der Waals surface area contributed by atoms with Crippen molar-refractivity contribution in [3.05, 3.63) is 29.8 Å². The number of halogens is 1. The molecule has 3 heteroatoms. The lowest BCUT2D eigenvalue weighted by molar-refractivity contribution is -0.115. The van der Waals surface area contributed by atoms with Gasteiger partial charge in [-0.3, -0.25) is 4.79 Å². The minimum Gasteiger partial charge on any atom is -0.325 e. The molecule has 2 rings (SSSR count). The second-order valence-electron chi connectivity index (χ2n) is 3.68. The van der Waals surface area contributed by atoms with Gasteiger partial charge in [0, 0.05) is 5.69 Å². The summed E-state index contributed by atoms with van der Waals surface area (Å²) in [4.78, 5) is 11.6. The van der Waals surface area contributed by atoms with Gasteiger partial charge in [-0.15, -0.1) is 0 Å². The topological polar surface area (TPSA) is 29.1 Å². The highest BCUT2D eigenvalue weighted by Gasteiger charge is 2.24. The van der Waals surface area contributed by atoms with Crippen molar-refractivity contribution in [2.45, 2.75) is 23.2 Å². The first-order valence-corrected chi connectivity index (χ1v) is 5.97. The van der Waals surface area contributed by atoms with Crippen molar-refractivity contribution in [2.24, 2.45) is 0 Å². The smallest absolute Gasteiger partial charge is 0.237 e. The van der Waals surface area contributed by atoms with Crippen LogP contribution in [0, 0.1) is 0 Å². The Morgan fingerprint density at radius 1 is 1.43 bits per heavy atom. The highest BCUT2D eigenvalue weighted by molar-refractivity contribution is 14.1. The Morgan fingerprint density at radius 3 is 2.93 bits per heavy atom. The Kier molecular flexibility index (Phi) is 2.76. The molecule has 0 spiro atoms. The first-order chi connectivity index (χ1) is 6.68. The van der Waals surface area contributed by atoms with Crippen molar-refractivity contribution in [1.29, 1.82) is 0 Å². The van der Waals surface area contributed by atoms with Crippen molar-refractivity contribution in [3.63, 3.8) is 0 Å². The number of para-hydroxylation sites is 1. The number of hydrogen-bond acceptors (Lipinski definition) is 1. The SMILES string of the molecule is CC1CC(I)C(=O)Nc2ccccc21. The van der Waals surface area contributed by atoms with Crippen molar-refractivity contribution in [1.82, 2.24) is 0 Å². The van der Waals surface area contributed by atoms with Crippen molar-refractivity contribution >= 4 is 34.2 Å². The van der Waals surface area contributed by atoms with Crippen LogP contribution in [0.4, 0.5) is 5.69 Å². The molecular weight excluding hydrogens is 289 g/mol. The van der Waals surface area contributed by atoms with Gasteiger partial charge >= 0.3 is 0 Å². The van der Waals surface area contributed by atoms with E-state index >= 15 is 0 Å². The lowest BCUT2D eigenvalue weighted by Gasteiger charge is -2.11. The van der Waals surface area contributed by atoms with E-state index in [2.05, 4.69) is 40.9 Å². The van der Waals surface area contributed by atoms with E-state index in [1.54, 1.807) is 0 Å². The quantitative estimate of drug-likeness (QED) is 0.579.